The maximum Gasteiger partial charge on any atom is 0.233 e. The average molecular weight is 427 g/mol. The van der Waals surface area contributed by atoms with E-state index in [2.05, 4.69) is 20.6 Å². The molecule has 0 spiro atoms. The quantitative estimate of drug-likeness (QED) is 0.397. The molecular weight excluding hydrogens is 400 g/mol. The highest BCUT2D eigenvalue weighted by Gasteiger charge is 2.17. The number of hydrogen-bond donors (Lipinski definition) is 2. The normalized spacial score (nSPS) is 11.7. The van der Waals surface area contributed by atoms with E-state index in [0.29, 0.717) is 23.2 Å². The van der Waals surface area contributed by atoms with E-state index in [1.807, 2.05) is 56.3 Å². The molecule has 0 bridgehead atoms. The Morgan fingerprint density at radius 2 is 1.87 bits per heavy atom. The maximum absolute atomic E-state index is 12.6. The van der Waals surface area contributed by atoms with Gasteiger partial charge in [-0.2, -0.15) is 0 Å². The number of nitrogens with zero attached hydrogens (tertiary/aromatic N) is 2. The maximum atomic E-state index is 12.6. The number of methoxy groups -OCH3 is 2. The highest BCUT2D eigenvalue weighted by Crippen LogP contribution is 2.28. The molecule has 3 rings (SSSR count). The van der Waals surface area contributed by atoms with Crippen LogP contribution >= 0.6 is 11.8 Å². The van der Waals surface area contributed by atoms with Crippen LogP contribution in [0.5, 0.6) is 11.5 Å². The first kappa shape index (κ1) is 21.7. The Morgan fingerprint density at radius 1 is 1.10 bits per heavy atom. The first-order valence-electron chi connectivity index (χ1n) is 9.71. The van der Waals surface area contributed by atoms with Crippen molar-refractivity contribution in [1.29, 1.82) is 0 Å². The van der Waals surface area contributed by atoms with Crippen molar-refractivity contribution in [3.8, 4) is 11.5 Å². The summed E-state index contributed by atoms with van der Waals surface area (Å²) < 4.78 is 10.6. The standard InChI is InChI=1S/C22H26N4O3S/c1-5-23-20-16-8-6-7-9-17(16)25-22(26-20)30-14(2)21(27)24-13-15-10-11-18(28-3)19(12-15)29-4/h6-12,14H,5,13H2,1-4H3,(H,24,27)(H,23,25,26). The molecule has 0 aliphatic heterocycles. The van der Waals surface area contributed by atoms with E-state index >= 15 is 0 Å². The van der Waals surface area contributed by atoms with E-state index in [1.54, 1.807) is 14.2 Å². The molecule has 2 N–H and O–H groups in total. The number of carbonyl (C=O) groups excluding carboxylic acids is 1. The second-order valence-corrected chi connectivity index (χ2v) is 7.88. The molecule has 1 atom stereocenters. The van der Waals surface area contributed by atoms with Crippen LogP contribution in [0.25, 0.3) is 10.9 Å². The van der Waals surface area contributed by atoms with Gasteiger partial charge in [0.15, 0.2) is 16.7 Å². The van der Waals surface area contributed by atoms with Crippen LogP contribution in [-0.4, -0.2) is 41.9 Å². The number of nitrogens with one attached hydrogen (secondary N) is 2. The SMILES string of the molecule is CCNc1nc(SC(C)C(=O)NCc2ccc(OC)c(OC)c2)nc2ccccc12. The van der Waals surface area contributed by atoms with Gasteiger partial charge in [0, 0.05) is 18.5 Å². The fourth-order valence-corrected chi connectivity index (χ4v) is 3.75. The monoisotopic (exact) mass is 426 g/mol. The number of amides is 1. The number of ether oxygens (including phenoxy) is 2. The second-order valence-electron chi connectivity index (χ2n) is 6.57. The van der Waals surface area contributed by atoms with Crippen LogP contribution in [0.15, 0.2) is 47.6 Å². The van der Waals surface area contributed by atoms with Crippen LogP contribution in [-0.2, 0) is 11.3 Å². The average Bonchev–Trinajstić information content (AvgIpc) is 2.77. The smallest absolute Gasteiger partial charge is 0.233 e. The molecule has 0 aliphatic carbocycles. The zero-order valence-corrected chi connectivity index (χ0v) is 18.4. The number of fused-ring (bicyclic) bond motifs is 1. The minimum absolute atomic E-state index is 0.0865. The van der Waals surface area contributed by atoms with E-state index in [1.165, 1.54) is 11.8 Å². The molecule has 30 heavy (non-hydrogen) atoms. The molecule has 0 fully saturated rings. The number of aromatic nitrogens is 2. The molecule has 1 amide bonds. The van der Waals surface area contributed by atoms with Crippen molar-refractivity contribution in [2.45, 2.75) is 30.8 Å². The van der Waals surface area contributed by atoms with Gasteiger partial charge in [-0.1, -0.05) is 30.0 Å². The largest absolute Gasteiger partial charge is 0.493 e. The summed E-state index contributed by atoms with van der Waals surface area (Å²) in [6.45, 7) is 5.02. The van der Waals surface area contributed by atoms with E-state index in [9.17, 15) is 4.79 Å². The minimum Gasteiger partial charge on any atom is -0.493 e. The molecule has 0 radical (unpaired) electrons. The molecule has 158 valence electrons. The van der Waals surface area contributed by atoms with Crippen LogP contribution in [0.2, 0.25) is 0 Å². The number of rotatable bonds is 9. The van der Waals surface area contributed by atoms with Gasteiger partial charge in [-0.15, -0.1) is 0 Å². The van der Waals surface area contributed by atoms with Gasteiger partial charge < -0.3 is 20.1 Å². The zero-order valence-electron chi connectivity index (χ0n) is 17.6. The first-order chi connectivity index (χ1) is 14.5. The Labute approximate surface area is 180 Å². The summed E-state index contributed by atoms with van der Waals surface area (Å²) in [4.78, 5) is 21.8. The molecular formula is C22H26N4O3S. The summed E-state index contributed by atoms with van der Waals surface area (Å²) in [5.41, 5.74) is 1.78. The Balaban J connectivity index is 1.67. The van der Waals surface area contributed by atoms with E-state index in [4.69, 9.17) is 9.47 Å². The zero-order chi connectivity index (χ0) is 21.5. The van der Waals surface area contributed by atoms with Gasteiger partial charge in [-0.25, -0.2) is 9.97 Å². The molecule has 7 nitrogen and oxygen atoms in total. The lowest BCUT2D eigenvalue weighted by Gasteiger charge is -2.14. The molecule has 0 saturated carbocycles. The van der Waals surface area contributed by atoms with Crippen molar-refractivity contribution in [3.63, 3.8) is 0 Å². The van der Waals surface area contributed by atoms with Crippen LogP contribution in [0.1, 0.15) is 19.4 Å². The second kappa shape index (κ2) is 10.2. The molecule has 3 aromatic rings. The van der Waals surface area contributed by atoms with Crippen molar-refractivity contribution < 1.29 is 14.3 Å². The lowest BCUT2D eigenvalue weighted by Crippen LogP contribution is -2.30. The number of carbonyl (C=O) groups is 1. The summed E-state index contributed by atoms with van der Waals surface area (Å²) in [5, 5.41) is 7.42. The Bertz CT molecular complexity index is 1030. The topological polar surface area (TPSA) is 85.4 Å². The Kier molecular flexibility index (Phi) is 7.35. The molecule has 2 aromatic carbocycles. The van der Waals surface area contributed by atoms with Crippen LogP contribution in [0.3, 0.4) is 0 Å². The summed E-state index contributed by atoms with van der Waals surface area (Å²) in [7, 11) is 3.18. The summed E-state index contributed by atoms with van der Waals surface area (Å²) >= 11 is 1.34. The van der Waals surface area contributed by atoms with Gasteiger partial charge >= 0.3 is 0 Å². The third-order valence-corrected chi connectivity index (χ3v) is 5.45. The number of thioether (sulfide) groups is 1. The highest BCUT2D eigenvalue weighted by molar-refractivity contribution is 8.00. The van der Waals surface area contributed by atoms with Crippen molar-refractivity contribution >= 4 is 34.4 Å². The van der Waals surface area contributed by atoms with Crippen molar-refractivity contribution in [2.24, 2.45) is 0 Å². The fourth-order valence-electron chi connectivity index (χ4n) is 2.95. The predicted octanol–water partition coefficient (Wildman–Crippen LogP) is 3.88. The summed E-state index contributed by atoms with van der Waals surface area (Å²) in [6.07, 6.45) is 0. The lowest BCUT2D eigenvalue weighted by atomic mass is 10.2. The lowest BCUT2D eigenvalue weighted by molar-refractivity contribution is -0.120. The number of para-hydroxylation sites is 1. The van der Waals surface area contributed by atoms with Gasteiger partial charge in [0.25, 0.3) is 0 Å². The number of benzene rings is 2. The highest BCUT2D eigenvalue weighted by atomic mass is 32.2. The summed E-state index contributed by atoms with van der Waals surface area (Å²) in [6, 6.07) is 13.4. The van der Waals surface area contributed by atoms with Crippen LogP contribution in [0, 0.1) is 0 Å². The van der Waals surface area contributed by atoms with Crippen LogP contribution < -0.4 is 20.1 Å². The third kappa shape index (κ3) is 5.13. The van der Waals surface area contributed by atoms with Crippen molar-refractivity contribution in [3.05, 3.63) is 48.0 Å². The molecule has 0 aliphatic rings. The van der Waals surface area contributed by atoms with E-state index in [0.717, 1.165) is 28.8 Å². The van der Waals surface area contributed by atoms with Gasteiger partial charge in [0.2, 0.25) is 5.91 Å². The molecule has 1 unspecified atom stereocenters. The van der Waals surface area contributed by atoms with Gasteiger partial charge in [-0.3, -0.25) is 4.79 Å². The number of anilines is 1. The summed E-state index contributed by atoms with van der Waals surface area (Å²) in [5.74, 6) is 1.98. The van der Waals surface area contributed by atoms with Gasteiger partial charge in [-0.05, 0) is 43.7 Å². The first-order valence-corrected chi connectivity index (χ1v) is 10.6. The fraction of sp³-hybridized carbons (Fsp3) is 0.318. The molecule has 0 saturated heterocycles. The van der Waals surface area contributed by atoms with Crippen molar-refractivity contribution in [1.82, 2.24) is 15.3 Å². The minimum atomic E-state index is -0.346. The third-order valence-electron chi connectivity index (χ3n) is 4.49. The number of hydrogen-bond acceptors (Lipinski definition) is 7. The Hall–Kier alpha value is -3.00. The van der Waals surface area contributed by atoms with Gasteiger partial charge in [0.05, 0.1) is 25.0 Å². The van der Waals surface area contributed by atoms with Crippen molar-refractivity contribution in [2.75, 3.05) is 26.1 Å². The molecule has 1 aromatic heterocycles. The molecule has 8 heteroatoms. The predicted molar refractivity (Wildman–Crippen MR) is 120 cm³/mol. The van der Waals surface area contributed by atoms with Crippen LogP contribution in [0.4, 0.5) is 5.82 Å². The van der Waals surface area contributed by atoms with Gasteiger partial charge in [0.1, 0.15) is 5.82 Å². The van der Waals surface area contributed by atoms with E-state index < -0.39 is 0 Å². The molecule has 1 heterocycles. The van der Waals surface area contributed by atoms with E-state index in [-0.39, 0.29) is 11.2 Å². The Morgan fingerprint density at radius 3 is 2.60 bits per heavy atom.